The molecule has 1 aliphatic rings. The predicted octanol–water partition coefficient (Wildman–Crippen LogP) is 5.69. The molecule has 0 atom stereocenters. The molecule has 0 N–H and O–H groups in total. The summed E-state index contributed by atoms with van der Waals surface area (Å²) in [7, 11) is 0. The Hall–Kier alpha value is -3.38. The second kappa shape index (κ2) is 8.16. The highest BCUT2D eigenvalue weighted by Gasteiger charge is 2.35. The second-order valence-corrected chi connectivity index (χ2v) is 8.08. The highest BCUT2D eigenvalue weighted by molar-refractivity contribution is 8.18. The summed E-state index contributed by atoms with van der Waals surface area (Å²) < 4.78 is 5.83. The largest absolute Gasteiger partial charge is 0.457 e. The number of aryl methyl sites for hydroxylation is 1. The number of benzene rings is 2. The molecule has 0 spiro atoms. The fourth-order valence-electron chi connectivity index (χ4n) is 3.10. The Kier molecular flexibility index (Phi) is 5.42. The van der Waals surface area contributed by atoms with Crippen LogP contribution >= 0.6 is 11.8 Å². The third-order valence-corrected chi connectivity index (χ3v) is 5.72. The second-order valence-electron chi connectivity index (χ2n) is 7.09. The topological polar surface area (TPSA) is 67.6 Å². The molecule has 2 aromatic carbocycles. The van der Waals surface area contributed by atoms with Gasteiger partial charge < -0.3 is 4.42 Å². The van der Waals surface area contributed by atoms with Crippen molar-refractivity contribution in [2.24, 2.45) is 0 Å². The van der Waals surface area contributed by atoms with Gasteiger partial charge in [-0.05, 0) is 43.3 Å². The molecular weight excluding hydrogens is 398 g/mol. The Bertz CT molecular complexity index is 1160. The third kappa shape index (κ3) is 4.14. The fraction of sp³-hybridized carbons (Fsp3) is 0.125. The summed E-state index contributed by atoms with van der Waals surface area (Å²) in [6.07, 6.45) is 1.59. The number of imide groups is 1. The van der Waals surface area contributed by atoms with Crippen LogP contribution in [0.1, 0.15) is 34.2 Å². The zero-order valence-corrected chi connectivity index (χ0v) is 17.4. The summed E-state index contributed by atoms with van der Waals surface area (Å²) in [5, 5.41) is -0.293. The van der Waals surface area contributed by atoms with Gasteiger partial charge in [0, 0.05) is 17.2 Å². The minimum absolute atomic E-state index is 0.00282. The smallest absolute Gasteiger partial charge is 0.293 e. The summed E-state index contributed by atoms with van der Waals surface area (Å²) in [6, 6.07) is 18.4. The van der Waals surface area contributed by atoms with Crippen LogP contribution in [0.4, 0.5) is 4.79 Å². The van der Waals surface area contributed by atoms with Gasteiger partial charge in [0.2, 0.25) is 0 Å². The predicted molar refractivity (Wildman–Crippen MR) is 117 cm³/mol. The van der Waals surface area contributed by atoms with Gasteiger partial charge in [-0.2, -0.15) is 0 Å². The molecule has 0 saturated carbocycles. The van der Waals surface area contributed by atoms with Crippen LogP contribution in [-0.4, -0.2) is 21.8 Å². The lowest BCUT2D eigenvalue weighted by molar-refractivity contribution is -0.123. The molecule has 0 aliphatic carbocycles. The van der Waals surface area contributed by atoms with Gasteiger partial charge in [0.1, 0.15) is 11.5 Å². The molecular formula is C24H19NO4S. The number of Topliss-reactive ketones (excluding diaryl/α,β-unsaturated/α-hetero) is 1. The van der Waals surface area contributed by atoms with Gasteiger partial charge in [0.25, 0.3) is 11.1 Å². The summed E-state index contributed by atoms with van der Waals surface area (Å²) in [6.45, 7) is 3.75. The molecule has 30 heavy (non-hydrogen) atoms. The summed E-state index contributed by atoms with van der Waals surface area (Å²) in [5.41, 5.74) is 3.48. The molecule has 2 amide bonds. The number of rotatable bonds is 5. The van der Waals surface area contributed by atoms with Crippen molar-refractivity contribution >= 4 is 34.8 Å². The van der Waals surface area contributed by atoms with Crippen molar-refractivity contribution in [3.8, 4) is 11.3 Å². The number of hydrogen-bond donors (Lipinski definition) is 0. The molecule has 0 unspecified atom stereocenters. The van der Waals surface area contributed by atoms with Crippen molar-refractivity contribution in [1.82, 2.24) is 4.90 Å². The van der Waals surface area contributed by atoms with Gasteiger partial charge in [0.05, 0.1) is 11.4 Å². The lowest BCUT2D eigenvalue weighted by atomic mass is 10.1. The minimum atomic E-state index is -0.325. The molecule has 4 rings (SSSR count). The molecule has 3 aromatic rings. The molecule has 5 nitrogen and oxygen atoms in total. The van der Waals surface area contributed by atoms with Gasteiger partial charge in [-0.25, -0.2) is 0 Å². The zero-order chi connectivity index (χ0) is 21.3. The average Bonchev–Trinajstić information content (AvgIpc) is 3.30. The van der Waals surface area contributed by atoms with Crippen LogP contribution in [0.15, 0.2) is 70.0 Å². The number of thioether (sulfide) groups is 1. The first-order valence-corrected chi connectivity index (χ1v) is 10.2. The number of furan rings is 1. The number of amides is 2. The van der Waals surface area contributed by atoms with E-state index in [0.717, 1.165) is 28.5 Å². The van der Waals surface area contributed by atoms with Crippen LogP contribution in [-0.2, 0) is 11.3 Å². The van der Waals surface area contributed by atoms with Crippen LogP contribution in [0.25, 0.3) is 17.4 Å². The zero-order valence-electron chi connectivity index (χ0n) is 16.5. The van der Waals surface area contributed by atoms with E-state index in [-0.39, 0.29) is 23.5 Å². The number of nitrogens with zero attached hydrogens (tertiary/aromatic N) is 1. The quantitative estimate of drug-likeness (QED) is 0.394. The minimum Gasteiger partial charge on any atom is -0.457 e. The SMILES string of the molecule is CC(=O)c1ccc(-c2ccc(/C=C3/SC(=O)N(Cc4ccc(C)cc4)C3=O)o2)cc1. The van der Waals surface area contributed by atoms with E-state index >= 15 is 0 Å². The van der Waals surface area contributed by atoms with E-state index in [2.05, 4.69) is 0 Å². The Morgan fingerprint density at radius 2 is 1.70 bits per heavy atom. The lowest BCUT2D eigenvalue weighted by Gasteiger charge is -2.12. The van der Waals surface area contributed by atoms with Crippen LogP contribution in [0.3, 0.4) is 0 Å². The molecule has 150 valence electrons. The van der Waals surface area contributed by atoms with Crippen molar-refractivity contribution in [2.45, 2.75) is 20.4 Å². The summed E-state index contributed by atoms with van der Waals surface area (Å²) >= 11 is 0.910. The van der Waals surface area contributed by atoms with Crippen LogP contribution in [0.5, 0.6) is 0 Å². The standard InChI is InChI=1S/C24H19NO4S/c1-15-3-5-17(6-4-15)14-25-23(27)22(30-24(25)28)13-20-11-12-21(29-20)19-9-7-18(8-10-19)16(2)26/h3-13H,14H2,1-2H3/b22-13+. The average molecular weight is 417 g/mol. The Balaban J connectivity index is 1.51. The maximum Gasteiger partial charge on any atom is 0.293 e. The van der Waals surface area contributed by atoms with E-state index in [4.69, 9.17) is 4.42 Å². The van der Waals surface area contributed by atoms with E-state index in [1.165, 1.54) is 11.8 Å². The van der Waals surface area contributed by atoms with Gasteiger partial charge >= 0.3 is 0 Å². The van der Waals surface area contributed by atoms with E-state index in [9.17, 15) is 14.4 Å². The van der Waals surface area contributed by atoms with Gasteiger partial charge in [-0.15, -0.1) is 0 Å². The monoisotopic (exact) mass is 417 g/mol. The summed E-state index contributed by atoms with van der Waals surface area (Å²) in [4.78, 5) is 38.0. The van der Waals surface area contributed by atoms with E-state index in [0.29, 0.717) is 22.0 Å². The fourth-order valence-corrected chi connectivity index (χ4v) is 3.91. The number of hydrogen-bond acceptors (Lipinski definition) is 5. The van der Waals surface area contributed by atoms with E-state index in [1.54, 1.807) is 30.3 Å². The lowest BCUT2D eigenvalue weighted by Crippen LogP contribution is -2.27. The van der Waals surface area contributed by atoms with E-state index in [1.807, 2.05) is 43.3 Å². The van der Waals surface area contributed by atoms with Gasteiger partial charge in [0.15, 0.2) is 5.78 Å². The van der Waals surface area contributed by atoms with Crippen LogP contribution < -0.4 is 0 Å². The van der Waals surface area contributed by atoms with Crippen LogP contribution in [0.2, 0.25) is 0 Å². The Morgan fingerprint density at radius 3 is 2.37 bits per heavy atom. The molecule has 2 heterocycles. The normalized spacial score (nSPS) is 15.3. The molecule has 1 fully saturated rings. The molecule has 1 saturated heterocycles. The highest BCUT2D eigenvalue weighted by atomic mass is 32.2. The number of carbonyl (C=O) groups is 3. The van der Waals surface area contributed by atoms with Gasteiger partial charge in [-0.3, -0.25) is 19.3 Å². The molecule has 0 radical (unpaired) electrons. The van der Waals surface area contributed by atoms with E-state index < -0.39 is 0 Å². The first-order chi connectivity index (χ1) is 14.4. The Morgan fingerprint density at radius 1 is 1.00 bits per heavy atom. The first-order valence-electron chi connectivity index (χ1n) is 9.43. The number of carbonyl (C=O) groups excluding carboxylic acids is 3. The van der Waals surface area contributed by atoms with Crippen molar-refractivity contribution in [1.29, 1.82) is 0 Å². The highest BCUT2D eigenvalue weighted by Crippen LogP contribution is 2.34. The van der Waals surface area contributed by atoms with Gasteiger partial charge in [-0.1, -0.05) is 54.1 Å². The van der Waals surface area contributed by atoms with Crippen LogP contribution in [0, 0.1) is 6.92 Å². The van der Waals surface area contributed by atoms with Crippen molar-refractivity contribution < 1.29 is 18.8 Å². The van der Waals surface area contributed by atoms with Crippen molar-refractivity contribution in [3.05, 3.63) is 88.0 Å². The Labute approximate surface area is 178 Å². The first kappa shape index (κ1) is 19.9. The van der Waals surface area contributed by atoms with Crippen molar-refractivity contribution in [3.63, 3.8) is 0 Å². The molecule has 1 aromatic heterocycles. The third-order valence-electron chi connectivity index (χ3n) is 4.81. The maximum absolute atomic E-state index is 12.7. The molecule has 0 bridgehead atoms. The summed E-state index contributed by atoms with van der Waals surface area (Å²) in [5.74, 6) is 0.786. The molecule has 1 aliphatic heterocycles. The maximum atomic E-state index is 12.7. The van der Waals surface area contributed by atoms with Crippen molar-refractivity contribution in [2.75, 3.05) is 0 Å². The number of ketones is 1. The molecule has 6 heteroatoms.